The van der Waals surface area contributed by atoms with Crippen molar-refractivity contribution >= 4 is 21.6 Å². The summed E-state index contributed by atoms with van der Waals surface area (Å²) >= 11 is 0. The van der Waals surface area contributed by atoms with Gasteiger partial charge in [-0.25, -0.2) is 12.8 Å². The normalized spacial score (nSPS) is 12.3. The van der Waals surface area contributed by atoms with E-state index in [4.69, 9.17) is 9.47 Å². The Hall–Kier alpha value is -3.44. The average Bonchev–Trinajstić information content (AvgIpc) is 3.27. The fourth-order valence-electron chi connectivity index (χ4n) is 2.94. The van der Waals surface area contributed by atoms with Crippen molar-refractivity contribution in [3.63, 3.8) is 0 Å². The molecular formula is C23H26FN3O6S. The number of nitrogens with one attached hydrogen (secondary N) is 1. The summed E-state index contributed by atoms with van der Waals surface area (Å²) in [5.74, 6) is -1.12. The standard InChI is InChI=1S/C23H26FN3O6S/c1-4-27-9-8-22(26-27)25-23(29)16-10-17(32-15(3)14-28)12-18(11-16)33-21-7-6-19(13-20(21)24)34(30,31)5-2/h6-13,15,28H,4-5,14H2,1-3H3,(H,25,26,29)/t15-/m0/s1. The first-order valence-corrected chi connectivity index (χ1v) is 12.3. The Kier molecular flexibility index (Phi) is 7.90. The molecule has 34 heavy (non-hydrogen) atoms. The number of amides is 1. The van der Waals surface area contributed by atoms with Gasteiger partial charge in [0.25, 0.3) is 5.91 Å². The SMILES string of the molecule is CCn1ccc(NC(=O)c2cc(Oc3ccc(S(=O)(=O)CC)cc3F)cc(O[C@@H](C)CO)c2)n1. The van der Waals surface area contributed by atoms with E-state index in [1.165, 1.54) is 37.3 Å². The molecule has 0 saturated heterocycles. The topological polar surface area (TPSA) is 120 Å². The fraction of sp³-hybridized carbons (Fsp3) is 0.304. The van der Waals surface area contributed by atoms with Crippen LogP contribution in [0.5, 0.6) is 17.2 Å². The molecule has 1 atom stereocenters. The summed E-state index contributed by atoms with van der Waals surface area (Å²) in [6.45, 7) is 5.39. The highest BCUT2D eigenvalue weighted by atomic mass is 32.2. The predicted octanol–water partition coefficient (Wildman–Crippen LogP) is 3.64. The highest BCUT2D eigenvalue weighted by Gasteiger charge is 2.17. The van der Waals surface area contributed by atoms with Crippen LogP contribution in [-0.2, 0) is 16.4 Å². The number of sulfone groups is 1. The van der Waals surface area contributed by atoms with E-state index >= 15 is 0 Å². The Labute approximate surface area is 197 Å². The van der Waals surface area contributed by atoms with E-state index < -0.39 is 27.7 Å². The zero-order chi connectivity index (χ0) is 24.9. The molecule has 0 fully saturated rings. The summed E-state index contributed by atoms with van der Waals surface area (Å²) in [6.07, 6.45) is 1.15. The van der Waals surface area contributed by atoms with E-state index in [0.717, 1.165) is 6.07 Å². The van der Waals surface area contributed by atoms with Crippen molar-refractivity contribution in [2.24, 2.45) is 0 Å². The Morgan fingerprint density at radius 2 is 1.91 bits per heavy atom. The van der Waals surface area contributed by atoms with Gasteiger partial charge in [-0.1, -0.05) is 6.92 Å². The maximum atomic E-state index is 14.6. The molecule has 0 bridgehead atoms. The van der Waals surface area contributed by atoms with Crippen LogP contribution < -0.4 is 14.8 Å². The van der Waals surface area contributed by atoms with E-state index in [0.29, 0.717) is 12.4 Å². The molecule has 0 aliphatic rings. The van der Waals surface area contributed by atoms with Crippen molar-refractivity contribution in [2.75, 3.05) is 17.7 Å². The molecule has 11 heteroatoms. The van der Waals surface area contributed by atoms with Crippen LogP contribution in [0.3, 0.4) is 0 Å². The van der Waals surface area contributed by atoms with Crippen molar-refractivity contribution in [2.45, 2.75) is 38.3 Å². The van der Waals surface area contributed by atoms with Crippen molar-refractivity contribution < 1.29 is 32.2 Å². The third-order valence-corrected chi connectivity index (χ3v) is 6.55. The number of aliphatic hydroxyl groups excluding tert-OH is 1. The van der Waals surface area contributed by atoms with Crippen molar-refractivity contribution in [1.82, 2.24) is 9.78 Å². The minimum absolute atomic E-state index is 0.0804. The van der Waals surface area contributed by atoms with Gasteiger partial charge in [0.15, 0.2) is 27.2 Å². The summed E-state index contributed by atoms with van der Waals surface area (Å²) in [4.78, 5) is 12.7. The van der Waals surface area contributed by atoms with Gasteiger partial charge in [0.05, 0.1) is 17.3 Å². The number of nitrogens with zero attached hydrogens (tertiary/aromatic N) is 2. The number of hydrogen-bond donors (Lipinski definition) is 2. The third kappa shape index (κ3) is 6.12. The molecular weight excluding hydrogens is 465 g/mol. The van der Waals surface area contributed by atoms with E-state index in [9.17, 15) is 22.7 Å². The molecule has 3 aromatic rings. The highest BCUT2D eigenvalue weighted by Crippen LogP contribution is 2.31. The van der Waals surface area contributed by atoms with E-state index in [2.05, 4.69) is 10.4 Å². The Bertz CT molecular complexity index is 1280. The first-order chi connectivity index (χ1) is 16.1. The number of halogens is 1. The fourth-order valence-corrected chi connectivity index (χ4v) is 3.84. The molecule has 1 amide bonds. The number of carbonyl (C=O) groups is 1. The summed E-state index contributed by atoms with van der Waals surface area (Å²) in [5, 5.41) is 16.2. The molecule has 0 spiro atoms. The summed E-state index contributed by atoms with van der Waals surface area (Å²) in [5.41, 5.74) is 0.147. The van der Waals surface area contributed by atoms with Crippen LogP contribution in [0.2, 0.25) is 0 Å². The maximum Gasteiger partial charge on any atom is 0.257 e. The lowest BCUT2D eigenvalue weighted by Crippen LogP contribution is -2.17. The number of carbonyl (C=O) groups excluding carboxylic acids is 1. The van der Waals surface area contributed by atoms with Gasteiger partial charge in [-0.2, -0.15) is 5.10 Å². The summed E-state index contributed by atoms with van der Waals surface area (Å²) in [7, 11) is -3.58. The quantitative estimate of drug-likeness (QED) is 0.444. The van der Waals surface area contributed by atoms with E-state index in [-0.39, 0.29) is 40.1 Å². The lowest BCUT2D eigenvalue weighted by atomic mass is 10.2. The minimum Gasteiger partial charge on any atom is -0.488 e. The largest absolute Gasteiger partial charge is 0.488 e. The number of aromatic nitrogens is 2. The molecule has 0 saturated carbocycles. The molecule has 182 valence electrons. The predicted molar refractivity (Wildman–Crippen MR) is 124 cm³/mol. The van der Waals surface area contributed by atoms with Crippen LogP contribution >= 0.6 is 0 Å². The molecule has 1 aromatic heterocycles. The number of aryl methyl sites for hydroxylation is 1. The number of rotatable bonds is 10. The van der Waals surface area contributed by atoms with Gasteiger partial charge < -0.3 is 19.9 Å². The van der Waals surface area contributed by atoms with Crippen molar-refractivity contribution in [3.8, 4) is 17.2 Å². The molecule has 0 aliphatic carbocycles. The number of benzene rings is 2. The number of aliphatic hydroxyl groups is 1. The smallest absolute Gasteiger partial charge is 0.257 e. The van der Waals surface area contributed by atoms with Gasteiger partial charge in [0, 0.05) is 30.4 Å². The van der Waals surface area contributed by atoms with E-state index in [1.807, 2.05) is 6.92 Å². The minimum atomic E-state index is -3.58. The Morgan fingerprint density at radius 1 is 1.18 bits per heavy atom. The molecule has 3 rings (SSSR count). The van der Waals surface area contributed by atoms with Crippen LogP contribution in [0.25, 0.3) is 0 Å². The van der Waals surface area contributed by atoms with Crippen molar-refractivity contribution in [3.05, 3.63) is 60.0 Å². The molecule has 2 aromatic carbocycles. The number of anilines is 1. The summed E-state index contributed by atoms with van der Waals surface area (Å²) < 4.78 is 51.5. The van der Waals surface area contributed by atoms with Gasteiger partial charge >= 0.3 is 0 Å². The van der Waals surface area contributed by atoms with Gasteiger partial charge in [-0.3, -0.25) is 9.48 Å². The molecule has 9 nitrogen and oxygen atoms in total. The Morgan fingerprint density at radius 3 is 2.53 bits per heavy atom. The van der Waals surface area contributed by atoms with Crippen LogP contribution in [0.1, 0.15) is 31.1 Å². The van der Waals surface area contributed by atoms with Crippen molar-refractivity contribution in [1.29, 1.82) is 0 Å². The number of hydrogen-bond acceptors (Lipinski definition) is 7. The van der Waals surface area contributed by atoms with Gasteiger partial charge in [0.2, 0.25) is 0 Å². The van der Waals surface area contributed by atoms with Gasteiger partial charge in [0.1, 0.15) is 17.6 Å². The van der Waals surface area contributed by atoms with Gasteiger partial charge in [-0.15, -0.1) is 0 Å². The molecule has 1 heterocycles. The van der Waals surface area contributed by atoms with Crippen LogP contribution in [0.4, 0.5) is 10.2 Å². The van der Waals surface area contributed by atoms with Crippen LogP contribution in [-0.4, -0.2) is 47.7 Å². The molecule has 0 aliphatic heterocycles. The van der Waals surface area contributed by atoms with Crippen LogP contribution in [0, 0.1) is 5.82 Å². The lowest BCUT2D eigenvalue weighted by Gasteiger charge is -2.15. The molecule has 0 radical (unpaired) electrons. The zero-order valence-corrected chi connectivity index (χ0v) is 19.8. The molecule has 0 unspecified atom stereocenters. The van der Waals surface area contributed by atoms with E-state index in [1.54, 1.807) is 23.9 Å². The van der Waals surface area contributed by atoms with Crippen LogP contribution in [0.15, 0.2) is 53.6 Å². The number of ether oxygens (including phenoxy) is 2. The lowest BCUT2D eigenvalue weighted by molar-refractivity contribution is 0.102. The second-order valence-electron chi connectivity index (χ2n) is 7.41. The first-order valence-electron chi connectivity index (χ1n) is 10.6. The zero-order valence-electron chi connectivity index (χ0n) is 19.0. The second-order valence-corrected chi connectivity index (χ2v) is 9.69. The van der Waals surface area contributed by atoms with Gasteiger partial charge in [-0.05, 0) is 44.2 Å². The highest BCUT2D eigenvalue weighted by molar-refractivity contribution is 7.91. The maximum absolute atomic E-state index is 14.6. The Balaban J connectivity index is 1.91. The monoisotopic (exact) mass is 491 g/mol. The molecule has 2 N–H and O–H groups in total. The average molecular weight is 492 g/mol. The third-order valence-electron chi connectivity index (χ3n) is 4.81. The second kappa shape index (κ2) is 10.7. The first kappa shape index (κ1) is 25.2. The summed E-state index contributed by atoms with van der Waals surface area (Å²) in [6, 6.07) is 9.28.